The van der Waals surface area contributed by atoms with Gasteiger partial charge in [0.05, 0.1) is 12.0 Å². The van der Waals surface area contributed by atoms with Gasteiger partial charge in [-0.3, -0.25) is 4.79 Å². The van der Waals surface area contributed by atoms with E-state index in [4.69, 9.17) is 9.15 Å². The first-order valence-electron chi connectivity index (χ1n) is 9.37. The fraction of sp³-hybridized carbons (Fsp3) is 0.500. The van der Waals surface area contributed by atoms with Crippen LogP contribution in [-0.2, 0) is 9.53 Å². The van der Waals surface area contributed by atoms with Crippen LogP contribution in [0.3, 0.4) is 0 Å². The molecule has 2 aromatic heterocycles. The number of likely N-dealkylation sites (tertiary alicyclic amines) is 1. The summed E-state index contributed by atoms with van der Waals surface area (Å²) in [6, 6.07) is 3.84. The highest BCUT2D eigenvalue weighted by Crippen LogP contribution is 2.26. The molecule has 3 rings (SSSR count). The average Bonchev–Trinajstić information content (AvgIpc) is 3.20. The molecule has 0 radical (unpaired) electrons. The molecule has 3 heterocycles. The summed E-state index contributed by atoms with van der Waals surface area (Å²) < 4.78 is 10.7. The largest absolute Gasteiger partial charge is 0.461 e. The minimum atomic E-state index is -0.585. The molecule has 0 saturated carbocycles. The summed E-state index contributed by atoms with van der Waals surface area (Å²) in [6.07, 6.45) is 6.43. The minimum Gasteiger partial charge on any atom is -0.461 e. The van der Waals surface area contributed by atoms with Crippen LogP contribution in [0.5, 0.6) is 0 Å². The van der Waals surface area contributed by atoms with Crippen molar-refractivity contribution in [2.24, 2.45) is 0 Å². The van der Waals surface area contributed by atoms with Crippen LogP contribution in [0.15, 0.2) is 27.8 Å². The summed E-state index contributed by atoms with van der Waals surface area (Å²) in [6.45, 7) is 5.51. The molecule has 2 unspecified atom stereocenters. The molecule has 8 heteroatoms. The number of nitrogens with zero attached hydrogens (tertiary/aromatic N) is 3. The SMILES string of the molecule is CSc1nc(-c2ccco2)nc(C)c1C(=O)OCC(=O)N1C(C)CCCC1C. The average molecular weight is 404 g/mol. The number of aromatic nitrogens is 2. The number of thioether (sulfide) groups is 1. The molecule has 1 fully saturated rings. The van der Waals surface area contributed by atoms with Crippen LogP contribution in [0.1, 0.15) is 49.2 Å². The summed E-state index contributed by atoms with van der Waals surface area (Å²) in [5, 5.41) is 0.496. The lowest BCUT2D eigenvalue weighted by Crippen LogP contribution is -2.49. The van der Waals surface area contributed by atoms with Gasteiger partial charge in [-0.15, -0.1) is 11.8 Å². The van der Waals surface area contributed by atoms with Crippen molar-refractivity contribution in [1.82, 2.24) is 14.9 Å². The number of carbonyl (C=O) groups is 2. The number of amides is 1. The number of hydrogen-bond donors (Lipinski definition) is 0. The van der Waals surface area contributed by atoms with Crippen molar-refractivity contribution in [2.75, 3.05) is 12.9 Å². The lowest BCUT2D eigenvalue weighted by molar-refractivity contribution is -0.140. The number of furan rings is 1. The topological polar surface area (TPSA) is 85.5 Å². The van der Waals surface area contributed by atoms with Gasteiger partial charge in [0.1, 0.15) is 10.6 Å². The van der Waals surface area contributed by atoms with Gasteiger partial charge in [-0.2, -0.15) is 0 Å². The highest BCUT2D eigenvalue weighted by atomic mass is 32.2. The monoisotopic (exact) mass is 403 g/mol. The Morgan fingerprint density at radius 2 is 2.00 bits per heavy atom. The molecule has 150 valence electrons. The van der Waals surface area contributed by atoms with Crippen molar-refractivity contribution in [1.29, 1.82) is 0 Å². The fourth-order valence-electron chi connectivity index (χ4n) is 3.63. The third-order valence-electron chi connectivity index (χ3n) is 5.00. The molecule has 0 aliphatic carbocycles. The number of esters is 1. The van der Waals surface area contributed by atoms with E-state index < -0.39 is 5.97 Å². The molecular formula is C20H25N3O4S. The first-order valence-corrected chi connectivity index (χ1v) is 10.6. The zero-order valence-electron chi connectivity index (χ0n) is 16.6. The quantitative estimate of drug-likeness (QED) is 0.427. The summed E-state index contributed by atoms with van der Waals surface area (Å²) in [7, 11) is 0. The Balaban J connectivity index is 1.74. The minimum absolute atomic E-state index is 0.161. The number of hydrogen-bond acceptors (Lipinski definition) is 7. The molecule has 1 aliphatic heterocycles. The van der Waals surface area contributed by atoms with Gasteiger partial charge in [0.2, 0.25) is 0 Å². The highest BCUT2D eigenvalue weighted by Gasteiger charge is 2.30. The van der Waals surface area contributed by atoms with Gasteiger partial charge < -0.3 is 14.1 Å². The number of carbonyl (C=O) groups excluding carboxylic acids is 2. The molecular weight excluding hydrogens is 378 g/mol. The Labute approximate surface area is 168 Å². The van der Waals surface area contributed by atoms with Gasteiger partial charge in [-0.05, 0) is 58.4 Å². The van der Waals surface area contributed by atoms with Crippen LogP contribution in [0.4, 0.5) is 0 Å². The summed E-state index contributed by atoms with van der Waals surface area (Å²) >= 11 is 1.32. The lowest BCUT2D eigenvalue weighted by Gasteiger charge is -2.38. The molecule has 2 atom stereocenters. The molecule has 2 aromatic rings. The molecule has 28 heavy (non-hydrogen) atoms. The first kappa shape index (κ1) is 20.4. The smallest absolute Gasteiger partial charge is 0.343 e. The first-order chi connectivity index (χ1) is 13.4. The number of ether oxygens (including phenoxy) is 1. The maximum Gasteiger partial charge on any atom is 0.343 e. The van der Waals surface area contributed by atoms with Crippen LogP contribution < -0.4 is 0 Å². The van der Waals surface area contributed by atoms with Crippen LogP contribution >= 0.6 is 11.8 Å². The molecule has 1 saturated heterocycles. The second-order valence-corrected chi connectivity index (χ2v) is 7.80. The molecule has 0 N–H and O–H groups in total. The standard InChI is InChI=1S/C20H25N3O4S/c1-12-7-5-8-13(2)23(12)16(24)11-27-20(25)17-14(3)21-18(22-19(17)28-4)15-9-6-10-26-15/h6,9-10,12-13H,5,7-8,11H2,1-4H3. The lowest BCUT2D eigenvalue weighted by atomic mass is 9.97. The number of piperidine rings is 1. The van der Waals surface area contributed by atoms with E-state index in [2.05, 4.69) is 9.97 Å². The Bertz CT molecular complexity index is 843. The summed E-state index contributed by atoms with van der Waals surface area (Å²) in [5.41, 5.74) is 0.776. The second kappa shape index (κ2) is 8.77. The van der Waals surface area contributed by atoms with Gasteiger partial charge in [-0.1, -0.05) is 0 Å². The Hall–Kier alpha value is -2.35. The molecule has 0 aromatic carbocycles. The van der Waals surface area contributed by atoms with Crippen molar-refractivity contribution in [3.63, 3.8) is 0 Å². The fourth-order valence-corrected chi connectivity index (χ4v) is 4.25. The van der Waals surface area contributed by atoms with Crippen molar-refractivity contribution in [3.05, 3.63) is 29.7 Å². The van der Waals surface area contributed by atoms with E-state index in [0.717, 1.165) is 19.3 Å². The predicted octanol–water partition coefficient (Wildman–Crippen LogP) is 3.71. The van der Waals surface area contributed by atoms with Crippen molar-refractivity contribution in [2.45, 2.75) is 57.1 Å². The number of aryl methyl sites for hydroxylation is 1. The van der Waals surface area contributed by atoms with E-state index >= 15 is 0 Å². The molecule has 0 spiro atoms. The summed E-state index contributed by atoms with van der Waals surface area (Å²) in [5.74, 6) is 0.194. The van der Waals surface area contributed by atoms with Crippen molar-refractivity contribution < 1.29 is 18.7 Å². The highest BCUT2D eigenvalue weighted by molar-refractivity contribution is 7.98. The van der Waals surface area contributed by atoms with E-state index in [9.17, 15) is 9.59 Å². The predicted molar refractivity (Wildman–Crippen MR) is 106 cm³/mol. The Morgan fingerprint density at radius 1 is 1.29 bits per heavy atom. The third kappa shape index (κ3) is 4.22. The molecule has 1 amide bonds. The molecule has 0 bridgehead atoms. The van der Waals surface area contributed by atoms with Gasteiger partial charge in [0.25, 0.3) is 5.91 Å². The van der Waals surface area contributed by atoms with Gasteiger partial charge in [0, 0.05) is 12.1 Å². The number of rotatable bonds is 5. The zero-order chi connectivity index (χ0) is 20.3. The Kier molecular flexibility index (Phi) is 6.39. The van der Waals surface area contributed by atoms with E-state index in [-0.39, 0.29) is 30.2 Å². The maximum absolute atomic E-state index is 12.7. The van der Waals surface area contributed by atoms with Crippen molar-refractivity contribution in [3.8, 4) is 11.6 Å². The normalized spacial score (nSPS) is 19.5. The van der Waals surface area contributed by atoms with Gasteiger partial charge in [-0.25, -0.2) is 14.8 Å². The van der Waals surface area contributed by atoms with Crippen LogP contribution in [0.2, 0.25) is 0 Å². The van der Waals surface area contributed by atoms with Crippen LogP contribution in [0, 0.1) is 6.92 Å². The Morgan fingerprint density at radius 3 is 2.61 bits per heavy atom. The van der Waals surface area contributed by atoms with Crippen LogP contribution in [-0.4, -0.2) is 51.7 Å². The van der Waals surface area contributed by atoms with Gasteiger partial charge >= 0.3 is 5.97 Å². The maximum atomic E-state index is 12.7. The summed E-state index contributed by atoms with van der Waals surface area (Å²) in [4.78, 5) is 35.9. The second-order valence-electron chi connectivity index (χ2n) is 7.00. The van der Waals surface area contributed by atoms with E-state index in [1.165, 1.54) is 11.8 Å². The molecule has 1 aliphatic rings. The van der Waals surface area contributed by atoms with Crippen molar-refractivity contribution >= 4 is 23.6 Å². The van der Waals surface area contributed by atoms with Gasteiger partial charge in [0.15, 0.2) is 18.2 Å². The van der Waals surface area contributed by atoms with E-state index in [1.807, 2.05) is 25.0 Å². The van der Waals surface area contributed by atoms with Crippen LogP contribution in [0.25, 0.3) is 11.6 Å². The van der Waals surface area contributed by atoms with E-state index in [0.29, 0.717) is 22.3 Å². The van der Waals surface area contributed by atoms with E-state index in [1.54, 1.807) is 25.3 Å². The zero-order valence-corrected chi connectivity index (χ0v) is 17.4. The third-order valence-corrected chi connectivity index (χ3v) is 5.69. The molecule has 7 nitrogen and oxygen atoms in total.